The maximum absolute atomic E-state index is 6.38. The van der Waals surface area contributed by atoms with E-state index in [2.05, 4.69) is 46.4 Å². The number of furan rings is 1. The number of anilines is 1. The van der Waals surface area contributed by atoms with Crippen LogP contribution < -0.4 is 10.2 Å². The summed E-state index contributed by atoms with van der Waals surface area (Å²) in [5, 5.41) is 4.82. The first-order valence-electron chi connectivity index (χ1n) is 10.6. The summed E-state index contributed by atoms with van der Waals surface area (Å²) in [5.74, 6) is 1.60. The number of benzene rings is 2. The molecule has 1 aliphatic heterocycles. The van der Waals surface area contributed by atoms with Crippen molar-refractivity contribution < 1.29 is 4.42 Å². The van der Waals surface area contributed by atoms with Gasteiger partial charge in [0.1, 0.15) is 17.6 Å². The van der Waals surface area contributed by atoms with E-state index in [1.807, 2.05) is 54.6 Å². The summed E-state index contributed by atoms with van der Waals surface area (Å²) in [7, 11) is 0. The van der Waals surface area contributed by atoms with Gasteiger partial charge in [-0.2, -0.15) is 0 Å². The number of nitrogens with one attached hydrogen (secondary N) is 1. The zero-order valence-corrected chi connectivity index (χ0v) is 19.1. The third kappa shape index (κ3) is 3.90. The molecule has 160 valence electrons. The first kappa shape index (κ1) is 20.7. The van der Waals surface area contributed by atoms with Crippen LogP contribution in [0, 0.1) is 0 Å². The fourth-order valence-electron chi connectivity index (χ4n) is 4.10. The van der Waals surface area contributed by atoms with Crippen LogP contribution >= 0.6 is 23.8 Å². The Bertz CT molecular complexity index is 1220. The van der Waals surface area contributed by atoms with Gasteiger partial charge in [-0.15, -0.1) is 0 Å². The van der Waals surface area contributed by atoms with Gasteiger partial charge in [-0.1, -0.05) is 36.7 Å². The SMILES string of the molecule is CCc1ccc(N2C(=S)NC(c3ccccn3)C2c2ccc(-c3ccc(Cl)cc3)o2)cc1. The Hall–Kier alpha value is -3.15. The molecular weight excluding hydrogens is 438 g/mol. The molecule has 1 saturated heterocycles. The quantitative estimate of drug-likeness (QED) is 0.335. The van der Waals surface area contributed by atoms with E-state index in [1.165, 1.54) is 5.56 Å². The van der Waals surface area contributed by atoms with Crippen molar-refractivity contribution in [1.82, 2.24) is 10.3 Å². The predicted molar refractivity (Wildman–Crippen MR) is 133 cm³/mol. The largest absolute Gasteiger partial charge is 0.459 e. The first-order valence-corrected chi connectivity index (χ1v) is 11.4. The normalized spacial score (nSPS) is 18.1. The Morgan fingerprint density at radius 1 is 1.00 bits per heavy atom. The van der Waals surface area contributed by atoms with E-state index < -0.39 is 0 Å². The average Bonchev–Trinajstić information content (AvgIpc) is 3.45. The molecule has 32 heavy (non-hydrogen) atoms. The Labute approximate surface area is 197 Å². The molecule has 0 spiro atoms. The second kappa shape index (κ2) is 8.77. The molecule has 2 aromatic carbocycles. The Balaban J connectivity index is 1.57. The summed E-state index contributed by atoms with van der Waals surface area (Å²) in [5.41, 5.74) is 4.19. The zero-order valence-electron chi connectivity index (χ0n) is 17.5. The van der Waals surface area contributed by atoms with Gasteiger partial charge in [0.05, 0.1) is 11.7 Å². The van der Waals surface area contributed by atoms with Gasteiger partial charge in [0.25, 0.3) is 0 Å². The summed E-state index contributed by atoms with van der Waals surface area (Å²) in [6.45, 7) is 2.15. The monoisotopic (exact) mass is 459 g/mol. The molecule has 2 unspecified atom stereocenters. The summed E-state index contributed by atoms with van der Waals surface area (Å²) in [4.78, 5) is 6.72. The number of halogens is 1. The molecule has 2 atom stereocenters. The Kier molecular flexibility index (Phi) is 5.68. The molecule has 3 heterocycles. The van der Waals surface area contributed by atoms with Gasteiger partial charge in [-0.05, 0) is 84.9 Å². The van der Waals surface area contributed by atoms with Crippen LogP contribution in [-0.4, -0.2) is 10.1 Å². The van der Waals surface area contributed by atoms with Crippen molar-refractivity contribution in [3.63, 3.8) is 0 Å². The number of hydrogen-bond donors (Lipinski definition) is 1. The molecule has 0 radical (unpaired) electrons. The number of nitrogens with zero attached hydrogens (tertiary/aromatic N) is 2. The van der Waals surface area contributed by atoms with E-state index in [9.17, 15) is 0 Å². The maximum Gasteiger partial charge on any atom is 0.174 e. The van der Waals surface area contributed by atoms with Crippen LogP contribution in [0.15, 0.2) is 89.5 Å². The van der Waals surface area contributed by atoms with Gasteiger partial charge < -0.3 is 14.6 Å². The van der Waals surface area contributed by atoms with Gasteiger partial charge >= 0.3 is 0 Å². The summed E-state index contributed by atoms with van der Waals surface area (Å²) >= 11 is 11.8. The fraction of sp³-hybridized carbons (Fsp3) is 0.154. The Morgan fingerprint density at radius 2 is 1.78 bits per heavy atom. The molecule has 4 nitrogen and oxygen atoms in total. The molecule has 0 amide bonds. The van der Waals surface area contributed by atoms with Crippen LogP contribution in [0.1, 0.15) is 36.0 Å². The molecule has 1 fully saturated rings. The average molecular weight is 460 g/mol. The van der Waals surface area contributed by atoms with Crippen LogP contribution in [0.5, 0.6) is 0 Å². The third-order valence-electron chi connectivity index (χ3n) is 5.77. The van der Waals surface area contributed by atoms with E-state index in [0.717, 1.165) is 34.9 Å². The highest BCUT2D eigenvalue weighted by molar-refractivity contribution is 7.80. The molecular formula is C26H22ClN3OS. The van der Waals surface area contributed by atoms with Crippen LogP contribution in [0.2, 0.25) is 5.02 Å². The minimum Gasteiger partial charge on any atom is -0.459 e. The van der Waals surface area contributed by atoms with Crippen molar-refractivity contribution in [1.29, 1.82) is 0 Å². The minimum absolute atomic E-state index is 0.140. The minimum atomic E-state index is -0.175. The molecule has 2 aromatic heterocycles. The predicted octanol–water partition coefficient (Wildman–Crippen LogP) is 6.73. The fourth-order valence-corrected chi connectivity index (χ4v) is 4.57. The zero-order chi connectivity index (χ0) is 22.1. The first-order chi connectivity index (χ1) is 15.6. The highest BCUT2D eigenvalue weighted by Crippen LogP contribution is 2.43. The smallest absolute Gasteiger partial charge is 0.174 e. The van der Waals surface area contributed by atoms with Crippen LogP contribution in [0.25, 0.3) is 11.3 Å². The van der Waals surface area contributed by atoms with Crippen molar-refractivity contribution in [2.45, 2.75) is 25.4 Å². The van der Waals surface area contributed by atoms with Crippen LogP contribution in [-0.2, 0) is 6.42 Å². The Morgan fingerprint density at radius 3 is 2.47 bits per heavy atom. The maximum atomic E-state index is 6.38. The lowest BCUT2D eigenvalue weighted by Gasteiger charge is -2.26. The molecule has 1 N–H and O–H groups in total. The van der Waals surface area contributed by atoms with Crippen molar-refractivity contribution in [2.75, 3.05) is 4.90 Å². The van der Waals surface area contributed by atoms with Gasteiger partial charge in [0.2, 0.25) is 0 Å². The van der Waals surface area contributed by atoms with E-state index in [4.69, 9.17) is 28.2 Å². The van der Waals surface area contributed by atoms with E-state index in [1.54, 1.807) is 6.20 Å². The molecule has 5 rings (SSSR count). The molecule has 1 aliphatic rings. The van der Waals surface area contributed by atoms with E-state index in [-0.39, 0.29) is 12.1 Å². The summed E-state index contributed by atoms with van der Waals surface area (Å²) in [6.07, 6.45) is 2.79. The highest BCUT2D eigenvalue weighted by Gasteiger charge is 2.42. The van der Waals surface area contributed by atoms with Gasteiger partial charge in [-0.25, -0.2) is 0 Å². The standard InChI is InChI=1S/C26H22ClN3OS/c1-2-17-6-12-20(13-7-17)30-25(24(29-26(30)32)21-5-3-4-16-28-21)23-15-14-22(31-23)18-8-10-19(27)11-9-18/h3-16,24-25H,2H2,1H3,(H,29,32). The number of thiocarbonyl (C=S) groups is 1. The number of rotatable bonds is 5. The lowest BCUT2D eigenvalue weighted by atomic mass is 10.0. The van der Waals surface area contributed by atoms with Crippen LogP contribution in [0.4, 0.5) is 5.69 Å². The van der Waals surface area contributed by atoms with Gasteiger partial charge in [-0.3, -0.25) is 4.98 Å². The third-order valence-corrected chi connectivity index (χ3v) is 6.33. The van der Waals surface area contributed by atoms with Crippen molar-refractivity contribution >= 4 is 34.6 Å². The molecule has 6 heteroatoms. The highest BCUT2D eigenvalue weighted by atomic mass is 35.5. The summed E-state index contributed by atoms with van der Waals surface area (Å²) < 4.78 is 6.38. The topological polar surface area (TPSA) is 41.3 Å². The lowest BCUT2D eigenvalue weighted by Crippen LogP contribution is -2.29. The number of pyridine rings is 1. The van der Waals surface area contributed by atoms with Crippen LogP contribution in [0.3, 0.4) is 0 Å². The second-order valence-corrected chi connectivity index (χ2v) is 8.55. The van der Waals surface area contributed by atoms with Crippen molar-refractivity contribution in [3.8, 4) is 11.3 Å². The van der Waals surface area contributed by atoms with E-state index in [0.29, 0.717) is 10.1 Å². The van der Waals surface area contributed by atoms with Crippen molar-refractivity contribution in [2.24, 2.45) is 0 Å². The second-order valence-electron chi connectivity index (χ2n) is 7.73. The number of hydrogen-bond acceptors (Lipinski definition) is 3. The van der Waals surface area contributed by atoms with E-state index >= 15 is 0 Å². The van der Waals surface area contributed by atoms with Gasteiger partial charge in [0.15, 0.2) is 5.11 Å². The number of aryl methyl sites for hydroxylation is 1. The lowest BCUT2D eigenvalue weighted by molar-refractivity contribution is 0.439. The van der Waals surface area contributed by atoms with Gasteiger partial charge in [0, 0.05) is 22.5 Å². The molecule has 4 aromatic rings. The molecule has 0 aliphatic carbocycles. The molecule has 0 bridgehead atoms. The molecule has 0 saturated carbocycles. The van der Waals surface area contributed by atoms with Crippen molar-refractivity contribution in [3.05, 3.63) is 107 Å². The number of aromatic nitrogens is 1. The summed E-state index contributed by atoms with van der Waals surface area (Å²) in [6, 6.07) is 25.8.